The van der Waals surface area contributed by atoms with Gasteiger partial charge in [0.15, 0.2) is 0 Å². The summed E-state index contributed by atoms with van der Waals surface area (Å²) in [6.07, 6.45) is 18.8. The van der Waals surface area contributed by atoms with E-state index in [1.807, 2.05) is 36.5 Å². The number of aryl methyl sites for hydroxylation is 1. The minimum atomic E-state index is 0.798. The lowest BCUT2D eigenvalue weighted by molar-refractivity contribution is 0.304. The summed E-state index contributed by atoms with van der Waals surface area (Å²) in [5, 5.41) is 0. The van der Waals surface area contributed by atoms with Crippen LogP contribution in [0.4, 0.5) is 0 Å². The molecule has 2 aromatic rings. The van der Waals surface area contributed by atoms with Gasteiger partial charge in [0.2, 0.25) is 0 Å². The van der Waals surface area contributed by atoms with Gasteiger partial charge in [-0.15, -0.1) is 0 Å². The van der Waals surface area contributed by atoms with Gasteiger partial charge in [-0.05, 0) is 61.1 Å². The molecule has 168 valence electrons. The molecule has 0 spiro atoms. The summed E-state index contributed by atoms with van der Waals surface area (Å²) in [4.78, 5) is 4.52. The topological polar surface area (TPSA) is 22.1 Å². The number of aromatic nitrogens is 1. The van der Waals surface area contributed by atoms with E-state index < -0.39 is 0 Å². The van der Waals surface area contributed by atoms with Crippen molar-refractivity contribution in [2.24, 2.45) is 0 Å². The molecule has 1 aromatic carbocycles. The molecular formula is C29H41NO. The lowest BCUT2D eigenvalue weighted by atomic mass is 10.1. The van der Waals surface area contributed by atoms with Crippen LogP contribution in [0.25, 0.3) is 0 Å². The molecule has 0 bridgehead atoms. The van der Waals surface area contributed by atoms with Crippen LogP contribution < -0.4 is 4.74 Å². The first-order chi connectivity index (χ1) is 15.3. The van der Waals surface area contributed by atoms with Crippen LogP contribution in [-0.2, 0) is 6.42 Å². The number of hydrogen-bond donors (Lipinski definition) is 0. The average molecular weight is 420 g/mol. The van der Waals surface area contributed by atoms with Gasteiger partial charge in [-0.1, -0.05) is 90.0 Å². The van der Waals surface area contributed by atoms with Crippen molar-refractivity contribution in [1.82, 2.24) is 4.98 Å². The number of hydrogen-bond acceptors (Lipinski definition) is 2. The highest BCUT2D eigenvalue weighted by Gasteiger charge is 1.97. The fourth-order valence-electron chi connectivity index (χ4n) is 3.60. The molecule has 2 nitrogen and oxygen atoms in total. The standard InChI is InChI=1S/C29H41NO/c1-3-5-7-9-11-13-15-27-17-21-28(30-25-27)20-16-26-18-22-29(23-19-26)31-24-14-12-10-8-6-4-2/h17-19,21-23,25H,3-15,24H2,1-2H3. The molecular weight excluding hydrogens is 378 g/mol. The number of pyridine rings is 1. The van der Waals surface area contributed by atoms with E-state index in [4.69, 9.17) is 4.74 Å². The van der Waals surface area contributed by atoms with Gasteiger partial charge < -0.3 is 4.74 Å². The van der Waals surface area contributed by atoms with E-state index in [2.05, 4.69) is 36.7 Å². The first-order valence-corrected chi connectivity index (χ1v) is 12.5. The highest BCUT2D eigenvalue weighted by molar-refractivity contribution is 5.42. The SMILES string of the molecule is CCCCCCCCOc1ccc(C#Cc2ccc(CCCCCCCC)cn2)cc1. The molecule has 1 heterocycles. The Bertz CT molecular complexity index is 752. The molecule has 0 aliphatic heterocycles. The van der Waals surface area contributed by atoms with Crippen LogP contribution >= 0.6 is 0 Å². The molecule has 2 heteroatoms. The van der Waals surface area contributed by atoms with Crippen LogP contribution in [0.1, 0.15) is 108 Å². The van der Waals surface area contributed by atoms with Crippen molar-refractivity contribution in [3.63, 3.8) is 0 Å². The third-order valence-corrected chi connectivity index (χ3v) is 5.60. The van der Waals surface area contributed by atoms with Gasteiger partial charge in [-0.25, -0.2) is 4.98 Å². The Labute approximate surface area is 190 Å². The van der Waals surface area contributed by atoms with E-state index >= 15 is 0 Å². The highest BCUT2D eigenvalue weighted by atomic mass is 16.5. The summed E-state index contributed by atoms with van der Waals surface area (Å²) in [7, 11) is 0. The molecule has 0 N–H and O–H groups in total. The van der Waals surface area contributed by atoms with Gasteiger partial charge in [-0.3, -0.25) is 0 Å². The van der Waals surface area contributed by atoms with Gasteiger partial charge >= 0.3 is 0 Å². The zero-order chi connectivity index (χ0) is 22.0. The second-order valence-electron chi connectivity index (χ2n) is 8.46. The Hall–Kier alpha value is -2.27. The van der Waals surface area contributed by atoms with Gasteiger partial charge in [0, 0.05) is 11.8 Å². The second-order valence-corrected chi connectivity index (χ2v) is 8.46. The maximum absolute atomic E-state index is 5.84. The van der Waals surface area contributed by atoms with E-state index in [1.165, 1.54) is 76.2 Å². The van der Waals surface area contributed by atoms with Crippen molar-refractivity contribution in [3.8, 4) is 17.6 Å². The van der Waals surface area contributed by atoms with Gasteiger partial charge in [0.1, 0.15) is 11.4 Å². The van der Waals surface area contributed by atoms with Crippen LogP contribution in [0.15, 0.2) is 42.6 Å². The van der Waals surface area contributed by atoms with E-state index in [0.29, 0.717) is 0 Å². The predicted molar refractivity (Wildman–Crippen MR) is 133 cm³/mol. The fourth-order valence-corrected chi connectivity index (χ4v) is 3.60. The van der Waals surface area contributed by atoms with E-state index in [0.717, 1.165) is 36.5 Å². The third-order valence-electron chi connectivity index (χ3n) is 5.60. The average Bonchev–Trinajstić information content (AvgIpc) is 2.81. The smallest absolute Gasteiger partial charge is 0.119 e. The molecule has 2 rings (SSSR count). The molecule has 1 aromatic heterocycles. The lowest BCUT2D eigenvalue weighted by Gasteiger charge is -2.06. The Kier molecular flexibility index (Phi) is 13.2. The summed E-state index contributed by atoms with van der Waals surface area (Å²) in [5.74, 6) is 7.31. The molecule has 31 heavy (non-hydrogen) atoms. The number of benzene rings is 1. The first kappa shape index (κ1) is 25.0. The molecule has 0 radical (unpaired) electrons. The van der Waals surface area contributed by atoms with Gasteiger partial charge in [0.05, 0.1) is 6.61 Å². The van der Waals surface area contributed by atoms with Crippen LogP contribution in [0.5, 0.6) is 5.75 Å². The molecule has 0 amide bonds. The lowest BCUT2D eigenvalue weighted by Crippen LogP contribution is -1.97. The quantitative estimate of drug-likeness (QED) is 0.215. The molecule has 0 saturated carbocycles. The second kappa shape index (κ2) is 16.4. The van der Waals surface area contributed by atoms with Crippen LogP contribution in [0.3, 0.4) is 0 Å². The maximum Gasteiger partial charge on any atom is 0.119 e. The van der Waals surface area contributed by atoms with Crippen molar-refractivity contribution < 1.29 is 4.74 Å². The number of unbranched alkanes of at least 4 members (excludes halogenated alkanes) is 10. The number of rotatable bonds is 15. The van der Waals surface area contributed by atoms with Crippen molar-refractivity contribution in [3.05, 3.63) is 59.4 Å². The summed E-state index contributed by atoms with van der Waals surface area (Å²) < 4.78 is 5.84. The Morgan fingerprint density at radius 1 is 0.677 bits per heavy atom. The third kappa shape index (κ3) is 11.6. The summed E-state index contributed by atoms with van der Waals surface area (Å²) in [6, 6.07) is 12.3. The molecule has 0 fully saturated rings. The molecule has 0 aliphatic carbocycles. The number of nitrogens with zero attached hydrogens (tertiary/aromatic N) is 1. The van der Waals surface area contributed by atoms with Crippen molar-refractivity contribution in [2.75, 3.05) is 6.61 Å². The monoisotopic (exact) mass is 419 g/mol. The molecule has 0 atom stereocenters. The highest BCUT2D eigenvalue weighted by Crippen LogP contribution is 2.13. The summed E-state index contributed by atoms with van der Waals surface area (Å²) >= 11 is 0. The van der Waals surface area contributed by atoms with Crippen LogP contribution in [-0.4, -0.2) is 11.6 Å². The Morgan fingerprint density at radius 3 is 1.97 bits per heavy atom. The van der Waals surface area contributed by atoms with Crippen LogP contribution in [0.2, 0.25) is 0 Å². The summed E-state index contributed by atoms with van der Waals surface area (Å²) in [5.41, 5.74) is 3.13. The molecule has 0 aliphatic rings. The van der Waals surface area contributed by atoms with Crippen LogP contribution in [0, 0.1) is 11.8 Å². The zero-order valence-corrected chi connectivity index (χ0v) is 19.8. The fraction of sp³-hybridized carbons (Fsp3) is 0.552. The van der Waals surface area contributed by atoms with E-state index in [9.17, 15) is 0 Å². The van der Waals surface area contributed by atoms with E-state index in [-0.39, 0.29) is 0 Å². The molecule has 0 unspecified atom stereocenters. The maximum atomic E-state index is 5.84. The Balaban J connectivity index is 1.68. The number of ether oxygens (including phenoxy) is 1. The van der Waals surface area contributed by atoms with Gasteiger partial charge in [0.25, 0.3) is 0 Å². The largest absolute Gasteiger partial charge is 0.494 e. The van der Waals surface area contributed by atoms with E-state index in [1.54, 1.807) is 0 Å². The minimum absolute atomic E-state index is 0.798. The normalized spacial score (nSPS) is 10.5. The Morgan fingerprint density at radius 2 is 1.32 bits per heavy atom. The minimum Gasteiger partial charge on any atom is -0.494 e. The first-order valence-electron chi connectivity index (χ1n) is 12.5. The van der Waals surface area contributed by atoms with Gasteiger partial charge in [-0.2, -0.15) is 0 Å². The molecule has 0 saturated heterocycles. The van der Waals surface area contributed by atoms with Crippen molar-refractivity contribution in [1.29, 1.82) is 0 Å². The van der Waals surface area contributed by atoms with Crippen molar-refractivity contribution in [2.45, 2.75) is 97.3 Å². The predicted octanol–water partition coefficient (Wildman–Crippen LogP) is 8.12. The van der Waals surface area contributed by atoms with Crippen molar-refractivity contribution >= 4 is 0 Å². The summed E-state index contributed by atoms with van der Waals surface area (Å²) in [6.45, 7) is 5.31. The zero-order valence-electron chi connectivity index (χ0n) is 19.8.